The van der Waals surface area contributed by atoms with Crippen LogP contribution >= 0.6 is 0 Å². The Morgan fingerprint density at radius 1 is 1.11 bits per heavy atom. The van der Waals surface area contributed by atoms with Crippen LogP contribution in [0.15, 0.2) is 54.9 Å². The third-order valence-electron chi connectivity index (χ3n) is 2.88. The van der Waals surface area contributed by atoms with Gasteiger partial charge in [0.15, 0.2) is 0 Å². The molecule has 3 aromatic rings. The van der Waals surface area contributed by atoms with E-state index in [4.69, 9.17) is 5.26 Å². The topological polar surface area (TPSA) is 36.7 Å². The average Bonchev–Trinajstić information content (AvgIpc) is 2.47. The van der Waals surface area contributed by atoms with E-state index < -0.39 is 0 Å². The van der Waals surface area contributed by atoms with Gasteiger partial charge in [-0.25, -0.2) is 0 Å². The van der Waals surface area contributed by atoms with Crippen molar-refractivity contribution < 1.29 is 0 Å². The summed E-state index contributed by atoms with van der Waals surface area (Å²) in [6.45, 7) is 0. The molecule has 3 rings (SSSR count). The molecule has 1 aromatic heterocycles. The molecule has 0 unspecified atom stereocenters. The van der Waals surface area contributed by atoms with Crippen LogP contribution < -0.4 is 0 Å². The molecule has 0 spiro atoms. The Balaban J connectivity index is 2.28. The van der Waals surface area contributed by atoms with E-state index in [0.717, 1.165) is 21.9 Å². The number of nitrogens with zero attached hydrogens (tertiary/aromatic N) is 2. The van der Waals surface area contributed by atoms with Gasteiger partial charge in [-0.2, -0.15) is 5.26 Å². The number of pyridine rings is 1. The van der Waals surface area contributed by atoms with Gasteiger partial charge in [0, 0.05) is 18.0 Å². The molecule has 1 radical (unpaired) electrons. The molecular formula is C16H9N2. The minimum atomic E-state index is 0.574. The molecule has 0 fully saturated rings. The van der Waals surface area contributed by atoms with Crippen LogP contribution in [0.2, 0.25) is 0 Å². The van der Waals surface area contributed by atoms with Crippen molar-refractivity contribution in [3.05, 3.63) is 66.5 Å². The summed E-state index contributed by atoms with van der Waals surface area (Å²) in [7, 11) is 0. The fourth-order valence-electron chi connectivity index (χ4n) is 2.05. The molecule has 0 saturated heterocycles. The van der Waals surface area contributed by atoms with Gasteiger partial charge in [-0.3, -0.25) is 4.98 Å². The normalized spacial score (nSPS) is 10.2. The molecule has 1 heterocycles. The van der Waals surface area contributed by atoms with Crippen molar-refractivity contribution >= 4 is 10.8 Å². The number of rotatable bonds is 1. The molecule has 0 N–H and O–H groups in total. The van der Waals surface area contributed by atoms with Crippen LogP contribution in [0.4, 0.5) is 0 Å². The molecule has 0 aliphatic carbocycles. The predicted molar refractivity (Wildman–Crippen MR) is 70.7 cm³/mol. The molecule has 0 bridgehead atoms. The van der Waals surface area contributed by atoms with E-state index >= 15 is 0 Å². The third-order valence-corrected chi connectivity index (χ3v) is 2.88. The Labute approximate surface area is 105 Å². The molecule has 0 atom stereocenters. The first-order valence-corrected chi connectivity index (χ1v) is 5.63. The van der Waals surface area contributed by atoms with Gasteiger partial charge in [-0.15, -0.1) is 0 Å². The minimum absolute atomic E-state index is 0.574. The predicted octanol–water partition coefficient (Wildman–Crippen LogP) is 3.57. The van der Waals surface area contributed by atoms with Crippen LogP contribution in [-0.4, -0.2) is 4.98 Å². The quantitative estimate of drug-likeness (QED) is 0.639. The van der Waals surface area contributed by atoms with Crippen molar-refractivity contribution in [3.63, 3.8) is 0 Å². The van der Waals surface area contributed by atoms with E-state index in [9.17, 15) is 0 Å². The maximum Gasteiger partial charge on any atom is 0.101 e. The lowest BCUT2D eigenvalue weighted by molar-refractivity contribution is 1.30. The summed E-state index contributed by atoms with van der Waals surface area (Å²) in [6.07, 6.45) is 3.35. The maximum absolute atomic E-state index is 8.93. The first-order chi connectivity index (χ1) is 8.88. The molecular weight excluding hydrogens is 220 g/mol. The summed E-state index contributed by atoms with van der Waals surface area (Å²) < 4.78 is 0. The van der Waals surface area contributed by atoms with Crippen molar-refractivity contribution in [2.24, 2.45) is 0 Å². The van der Waals surface area contributed by atoms with Crippen molar-refractivity contribution in [3.8, 4) is 17.2 Å². The van der Waals surface area contributed by atoms with Gasteiger partial charge < -0.3 is 0 Å². The van der Waals surface area contributed by atoms with E-state index in [2.05, 4.69) is 23.2 Å². The Morgan fingerprint density at radius 2 is 2.00 bits per heavy atom. The van der Waals surface area contributed by atoms with Crippen LogP contribution in [0.3, 0.4) is 0 Å². The monoisotopic (exact) mass is 229 g/mol. The van der Waals surface area contributed by atoms with Crippen LogP contribution in [-0.2, 0) is 0 Å². The smallest absolute Gasteiger partial charge is 0.101 e. The van der Waals surface area contributed by atoms with Gasteiger partial charge in [-0.05, 0) is 28.5 Å². The maximum atomic E-state index is 8.93. The molecule has 83 valence electrons. The molecule has 0 amide bonds. The van der Waals surface area contributed by atoms with Gasteiger partial charge >= 0.3 is 0 Å². The Bertz CT molecular complexity index is 749. The summed E-state index contributed by atoms with van der Waals surface area (Å²) in [6, 6.07) is 19.2. The molecule has 0 aliphatic rings. The Hall–Kier alpha value is -2.66. The van der Waals surface area contributed by atoms with E-state index in [1.54, 1.807) is 12.4 Å². The van der Waals surface area contributed by atoms with Gasteiger partial charge in [0.05, 0.1) is 5.56 Å². The third kappa shape index (κ3) is 1.72. The van der Waals surface area contributed by atoms with Gasteiger partial charge in [0.1, 0.15) is 6.07 Å². The van der Waals surface area contributed by atoms with Crippen LogP contribution in [0.1, 0.15) is 5.56 Å². The number of aromatic nitrogens is 1. The van der Waals surface area contributed by atoms with E-state index in [0.29, 0.717) is 5.56 Å². The summed E-state index contributed by atoms with van der Waals surface area (Å²) in [5.41, 5.74) is 2.61. The van der Waals surface area contributed by atoms with Crippen LogP contribution in [0.5, 0.6) is 0 Å². The van der Waals surface area contributed by atoms with Crippen molar-refractivity contribution in [1.29, 1.82) is 5.26 Å². The lowest BCUT2D eigenvalue weighted by atomic mass is 9.99. The molecule has 2 aromatic carbocycles. The second-order valence-corrected chi connectivity index (χ2v) is 4.01. The molecule has 2 heteroatoms. The van der Waals surface area contributed by atoms with Crippen LogP contribution in [0.25, 0.3) is 21.9 Å². The lowest BCUT2D eigenvalue weighted by Crippen LogP contribution is -1.85. The lowest BCUT2D eigenvalue weighted by Gasteiger charge is -2.06. The fourth-order valence-corrected chi connectivity index (χ4v) is 2.05. The highest BCUT2D eigenvalue weighted by atomic mass is 14.6. The van der Waals surface area contributed by atoms with E-state index in [-0.39, 0.29) is 0 Å². The second-order valence-electron chi connectivity index (χ2n) is 4.01. The summed E-state index contributed by atoms with van der Waals surface area (Å²) in [4.78, 5) is 4.11. The number of hydrogen-bond donors (Lipinski definition) is 0. The molecule has 0 aliphatic heterocycles. The highest BCUT2D eigenvalue weighted by molar-refractivity contribution is 5.96. The van der Waals surface area contributed by atoms with Gasteiger partial charge in [0.2, 0.25) is 0 Å². The number of fused-ring (bicyclic) bond motifs is 1. The summed E-state index contributed by atoms with van der Waals surface area (Å²) in [5, 5.41) is 11.1. The summed E-state index contributed by atoms with van der Waals surface area (Å²) >= 11 is 0. The summed E-state index contributed by atoms with van der Waals surface area (Å²) in [5.74, 6) is 0. The van der Waals surface area contributed by atoms with E-state index in [1.165, 1.54) is 0 Å². The second kappa shape index (κ2) is 4.31. The molecule has 2 nitrogen and oxygen atoms in total. The first kappa shape index (κ1) is 10.5. The number of nitriles is 1. The minimum Gasteiger partial charge on any atom is -0.263 e. The van der Waals surface area contributed by atoms with Gasteiger partial charge in [-0.1, -0.05) is 36.4 Å². The standard InChI is InChI=1S/C16H9N2/c17-9-12-8-14(11-18-10-12)16-7-3-5-13-4-1-2-6-15(13)16/h1-4,6-8,10-11H. The number of hydrogen-bond acceptors (Lipinski definition) is 2. The highest BCUT2D eigenvalue weighted by Crippen LogP contribution is 2.27. The Morgan fingerprint density at radius 3 is 2.89 bits per heavy atom. The Kier molecular flexibility index (Phi) is 2.51. The number of benzene rings is 2. The average molecular weight is 229 g/mol. The largest absolute Gasteiger partial charge is 0.263 e. The van der Waals surface area contributed by atoms with Crippen molar-refractivity contribution in [2.45, 2.75) is 0 Å². The molecule has 0 saturated carbocycles. The van der Waals surface area contributed by atoms with Crippen LogP contribution in [0, 0.1) is 17.4 Å². The molecule has 18 heavy (non-hydrogen) atoms. The van der Waals surface area contributed by atoms with Gasteiger partial charge in [0.25, 0.3) is 0 Å². The highest BCUT2D eigenvalue weighted by Gasteiger charge is 2.04. The zero-order valence-electron chi connectivity index (χ0n) is 9.59. The fraction of sp³-hybridized carbons (Fsp3) is 0. The van der Waals surface area contributed by atoms with E-state index in [1.807, 2.05) is 36.4 Å². The van der Waals surface area contributed by atoms with Crippen molar-refractivity contribution in [1.82, 2.24) is 4.98 Å². The first-order valence-electron chi connectivity index (χ1n) is 5.63. The zero-order chi connectivity index (χ0) is 12.4. The zero-order valence-corrected chi connectivity index (χ0v) is 9.59. The SMILES string of the molecule is N#Cc1cncc(-c2cc[c]c3ccccc23)c1. The van der Waals surface area contributed by atoms with Crippen molar-refractivity contribution in [2.75, 3.05) is 0 Å².